The molecular weight excluding hydrogens is 213 g/mol. The van der Waals surface area contributed by atoms with Gasteiger partial charge in [-0.3, -0.25) is 4.79 Å². The maximum atomic E-state index is 10.6. The quantitative estimate of drug-likeness (QED) is 0.310. The fraction of sp³-hybridized carbons (Fsp3) is 0.667. The molecule has 0 bridgehead atoms. The number of hydrogen-bond donors (Lipinski definition) is 3. The smallest absolute Gasteiger partial charge is 0.456 e. The van der Waals surface area contributed by atoms with E-state index in [-0.39, 0.29) is 6.10 Å². The van der Waals surface area contributed by atoms with Gasteiger partial charge in [0.1, 0.15) is 0 Å². The summed E-state index contributed by atoms with van der Waals surface area (Å²) in [6, 6.07) is 0. The number of ether oxygens (including phenoxy) is 1. The topological polar surface area (TPSA) is 113 Å². The summed E-state index contributed by atoms with van der Waals surface area (Å²) in [6.45, 7) is 3.36. The maximum Gasteiger partial charge on any atom is 0.692 e. The van der Waals surface area contributed by atoms with Crippen LogP contribution in [0.25, 0.3) is 0 Å². The number of carbonyl (C=O) groups excluding carboxylic acids is 2. The lowest BCUT2D eigenvalue weighted by Gasteiger charge is -2.05. The fourth-order valence-electron chi connectivity index (χ4n) is 0.370. The Kier molecular flexibility index (Phi) is 9.43. The van der Waals surface area contributed by atoms with E-state index >= 15 is 0 Å². The van der Waals surface area contributed by atoms with Crippen LogP contribution < -0.4 is 5.32 Å². The first-order valence-corrected chi connectivity index (χ1v) is 4.75. The number of nitrogens with one attached hydrogen (secondary N) is 1. The third-order valence-corrected chi connectivity index (χ3v) is 0.755. The first kappa shape index (κ1) is 15.4. The zero-order chi connectivity index (χ0) is 11.7. The molecule has 8 heteroatoms. The lowest BCUT2D eigenvalue weighted by Crippen LogP contribution is -2.30. The van der Waals surface area contributed by atoms with Gasteiger partial charge in [-0.05, 0) is 13.8 Å². The van der Waals surface area contributed by atoms with Crippen molar-refractivity contribution in [1.82, 2.24) is 5.32 Å². The predicted octanol–water partition coefficient (Wildman–Crippen LogP) is -0.688. The van der Waals surface area contributed by atoms with Crippen LogP contribution in [-0.4, -0.2) is 34.8 Å². The standard InChI is InChI=1S/C6H11NO3.HO3P/c1-4(2)10-6(9)5(8)7-3;1-4(2)3/h4H,1-3H3,(H,7,8);(H-,1,2,3)/p+1. The Morgan fingerprint density at radius 2 is 1.71 bits per heavy atom. The molecule has 0 aliphatic heterocycles. The molecule has 7 nitrogen and oxygen atoms in total. The summed E-state index contributed by atoms with van der Waals surface area (Å²) in [4.78, 5) is 35.3. The molecule has 0 atom stereocenters. The maximum absolute atomic E-state index is 10.6. The van der Waals surface area contributed by atoms with Crippen LogP contribution >= 0.6 is 8.25 Å². The molecule has 0 saturated carbocycles. The van der Waals surface area contributed by atoms with Crippen molar-refractivity contribution < 1.29 is 28.7 Å². The highest BCUT2D eigenvalue weighted by atomic mass is 31.1. The number of likely N-dealkylation sites (N-methyl/N-ethyl adjacent to an activating group) is 1. The van der Waals surface area contributed by atoms with Crippen LogP contribution in [0.15, 0.2) is 0 Å². The number of esters is 1. The van der Waals surface area contributed by atoms with Gasteiger partial charge in [-0.1, -0.05) is 0 Å². The Balaban J connectivity index is 0. The summed E-state index contributed by atoms with van der Waals surface area (Å²) < 4.78 is 13.3. The summed E-state index contributed by atoms with van der Waals surface area (Å²) in [5.41, 5.74) is 0. The molecule has 0 aromatic heterocycles. The van der Waals surface area contributed by atoms with Gasteiger partial charge < -0.3 is 10.1 Å². The van der Waals surface area contributed by atoms with Crippen LogP contribution in [0.2, 0.25) is 0 Å². The Morgan fingerprint density at radius 3 is 1.93 bits per heavy atom. The molecule has 0 saturated heterocycles. The van der Waals surface area contributed by atoms with E-state index in [4.69, 9.17) is 14.4 Å². The fourth-order valence-corrected chi connectivity index (χ4v) is 0.370. The summed E-state index contributed by atoms with van der Waals surface area (Å²) in [5, 5.41) is 2.16. The molecule has 0 aliphatic rings. The number of amides is 1. The second-order valence-electron chi connectivity index (χ2n) is 2.29. The average Bonchev–Trinajstić information content (AvgIpc) is 2.00. The zero-order valence-electron chi connectivity index (χ0n) is 8.05. The van der Waals surface area contributed by atoms with Crippen molar-refractivity contribution in [1.29, 1.82) is 0 Å². The van der Waals surface area contributed by atoms with E-state index < -0.39 is 20.1 Å². The molecule has 1 amide bonds. The molecule has 0 rings (SSSR count). The van der Waals surface area contributed by atoms with E-state index in [2.05, 4.69) is 10.1 Å². The minimum Gasteiger partial charge on any atom is -0.456 e. The Morgan fingerprint density at radius 1 is 1.36 bits per heavy atom. The van der Waals surface area contributed by atoms with Gasteiger partial charge in [0.15, 0.2) is 0 Å². The highest BCUT2D eigenvalue weighted by Crippen LogP contribution is 1.98. The van der Waals surface area contributed by atoms with Gasteiger partial charge in [0.05, 0.1) is 6.10 Å². The molecule has 0 spiro atoms. The van der Waals surface area contributed by atoms with Crippen LogP contribution in [0.3, 0.4) is 0 Å². The van der Waals surface area contributed by atoms with E-state index in [9.17, 15) is 9.59 Å². The van der Waals surface area contributed by atoms with E-state index in [0.717, 1.165) is 0 Å². The van der Waals surface area contributed by atoms with Crippen LogP contribution in [0.5, 0.6) is 0 Å². The number of hydrogen-bond acceptors (Lipinski definition) is 4. The molecule has 0 radical (unpaired) electrons. The van der Waals surface area contributed by atoms with Crippen molar-refractivity contribution in [2.24, 2.45) is 0 Å². The van der Waals surface area contributed by atoms with Crippen molar-refractivity contribution in [2.45, 2.75) is 20.0 Å². The summed E-state index contributed by atoms with van der Waals surface area (Å²) >= 11 is 0. The van der Waals surface area contributed by atoms with Crippen molar-refractivity contribution in [3.8, 4) is 0 Å². The number of rotatable bonds is 1. The Labute approximate surface area is 82.0 Å². The molecule has 0 unspecified atom stereocenters. The highest BCUT2D eigenvalue weighted by molar-refractivity contribution is 7.30. The second kappa shape index (κ2) is 8.55. The summed E-state index contributed by atoms with van der Waals surface area (Å²) in [5.74, 6) is -1.55. The Bertz CT molecular complexity index is 212. The first-order chi connectivity index (χ1) is 6.31. The lowest BCUT2D eigenvalue weighted by molar-refractivity contribution is -0.157. The third-order valence-electron chi connectivity index (χ3n) is 0.755. The van der Waals surface area contributed by atoms with E-state index in [0.29, 0.717) is 0 Å². The van der Waals surface area contributed by atoms with Gasteiger partial charge in [-0.25, -0.2) is 4.79 Å². The molecule has 14 heavy (non-hydrogen) atoms. The first-order valence-electron chi connectivity index (χ1n) is 3.59. The largest absolute Gasteiger partial charge is 0.692 e. The van der Waals surface area contributed by atoms with E-state index in [1.165, 1.54) is 7.05 Å². The molecule has 0 heterocycles. The monoisotopic (exact) mass is 226 g/mol. The highest BCUT2D eigenvalue weighted by Gasteiger charge is 2.13. The van der Waals surface area contributed by atoms with E-state index in [1.807, 2.05) is 0 Å². The van der Waals surface area contributed by atoms with Crippen molar-refractivity contribution in [2.75, 3.05) is 7.05 Å². The van der Waals surface area contributed by atoms with Gasteiger partial charge in [0.2, 0.25) is 0 Å². The van der Waals surface area contributed by atoms with Crippen molar-refractivity contribution in [3.63, 3.8) is 0 Å². The normalized spacial score (nSPS) is 8.43. The summed E-state index contributed by atoms with van der Waals surface area (Å²) in [7, 11) is -1.49. The van der Waals surface area contributed by atoms with Gasteiger partial charge >= 0.3 is 20.1 Å². The minimum absolute atomic E-state index is 0.246. The predicted molar refractivity (Wildman–Crippen MR) is 47.3 cm³/mol. The van der Waals surface area contributed by atoms with Crippen molar-refractivity contribution in [3.05, 3.63) is 0 Å². The van der Waals surface area contributed by atoms with Crippen LogP contribution in [0.4, 0.5) is 0 Å². The minimum atomic E-state index is -2.87. The number of carbonyl (C=O) groups is 2. The van der Waals surface area contributed by atoms with Crippen LogP contribution in [0.1, 0.15) is 13.8 Å². The molecule has 0 fully saturated rings. The summed E-state index contributed by atoms with van der Waals surface area (Å²) in [6.07, 6.45) is -0.246. The lowest BCUT2D eigenvalue weighted by atomic mass is 10.5. The van der Waals surface area contributed by atoms with Gasteiger partial charge in [-0.15, -0.1) is 9.79 Å². The second-order valence-corrected chi connectivity index (χ2v) is 2.79. The molecule has 0 aromatic rings. The molecule has 3 N–H and O–H groups in total. The molecule has 82 valence electrons. The zero-order valence-corrected chi connectivity index (χ0v) is 8.95. The molecular formula is C6H13NO6P+. The molecule has 0 aromatic carbocycles. The van der Waals surface area contributed by atoms with Crippen LogP contribution in [0, 0.1) is 0 Å². The van der Waals surface area contributed by atoms with Gasteiger partial charge in [0, 0.05) is 11.6 Å². The SMILES string of the molecule is CNC(=O)C(=O)OC(C)C.O=[P+](O)O. The van der Waals surface area contributed by atoms with Crippen LogP contribution in [-0.2, 0) is 18.9 Å². The van der Waals surface area contributed by atoms with E-state index in [1.54, 1.807) is 13.8 Å². The molecule has 0 aliphatic carbocycles. The van der Waals surface area contributed by atoms with Gasteiger partial charge in [-0.2, -0.15) is 0 Å². The van der Waals surface area contributed by atoms with Crippen molar-refractivity contribution >= 4 is 20.1 Å². The average molecular weight is 226 g/mol. The third kappa shape index (κ3) is 13.5. The Hall–Kier alpha value is -1.04. The van der Waals surface area contributed by atoms with Gasteiger partial charge in [0.25, 0.3) is 0 Å².